The maximum Gasteiger partial charge on any atom is 0.274 e. The third-order valence-corrected chi connectivity index (χ3v) is 3.77. The van der Waals surface area contributed by atoms with Gasteiger partial charge in [0.05, 0.1) is 6.10 Å². The van der Waals surface area contributed by atoms with Gasteiger partial charge >= 0.3 is 0 Å². The second kappa shape index (κ2) is 8.81. The highest BCUT2D eigenvalue weighted by Gasteiger charge is 2.12. The van der Waals surface area contributed by atoms with Gasteiger partial charge in [0.2, 0.25) is 0 Å². The summed E-state index contributed by atoms with van der Waals surface area (Å²) in [5, 5.41) is 5.55. The van der Waals surface area contributed by atoms with Crippen LogP contribution in [0.5, 0.6) is 5.75 Å². The molecule has 0 fully saturated rings. The standard InChI is InChI=1S/C22H21N3O3/c1-15(2)28-19-10-8-18(9-11-19)25-22(27)20-14-16(12-13-23-20)21(26)24-17-6-4-3-5-7-17/h3-15H,1-2H3,(H,24,26)(H,25,27). The summed E-state index contributed by atoms with van der Waals surface area (Å²) in [6.45, 7) is 3.89. The number of aromatic nitrogens is 1. The summed E-state index contributed by atoms with van der Waals surface area (Å²) in [6.07, 6.45) is 1.52. The number of carbonyl (C=O) groups excluding carboxylic acids is 2. The summed E-state index contributed by atoms with van der Waals surface area (Å²) in [5.41, 5.74) is 1.80. The fourth-order valence-corrected chi connectivity index (χ4v) is 2.50. The fraction of sp³-hybridized carbons (Fsp3) is 0.136. The molecular weight excluding hydrogens is 354 g/mol. The first-order valence-electron chi connectivity index (χ1n) is 8.92. The molecule has 0 saturated heterocycles. The van der Waals surface area contributed by atoms with Gasteiger partial charge in [-0.05, 0) is 62.4 Å². The zero-order valence-electron chi connectivity index (χ0n) is 15.7. The van der Waals surface area contributed by atoms with Gasteiger partial charge in [0.15, 0.2) is 0 Å². The molecule has 1 heterocycles. The van der Waals surface area contributed by atoms with E-state index in [0.29, 0.717) is 16.9 Å². The van der Waals surface area contributed by atoms with Crippen molar-refractivity contribution in [3.8, 4) is 5.75 Å². The van der Waals surface area contributed by atoms with Crippen LogP contribution in [0.25, 0.3) is 0 Å². The highest BCUT2D eigenvalue weighted by molar-refractivity contribution is 6.07. The van der Waals surface area contributed by atoms with E-state index in [4.69, 9.17) is 4.74 Å². The van der Waals surface area contributed by atoms with E-state index in [-0.39, 0.29) is 17.7 Å². The number of nitrogens with one attached hydrogen (secondary N) is 2. The van der Waals surface area contributed by atoms with E-state index in [0.717, 1.165) is 5.75 Å². The van der Waals surface area contributed by atoms with Crippen molar-refractivity contribution in [2.75, 3.05) is 10.6 Å². The lowest BCUT2D eigenvalue weighted by atomic mass is 10.2. The molecule has 0 atom stereocenters. The number of para-hydroxylation sites is 1. The van der Waals surface area contributed by atoms with E-state index < -0.39 is 5.91 Å². The number of ether oxygens (including phenoxy) is 1. The number of anilines is 2. The summed E-state index contributed by atoms with van der Waals surface area (Å²) in [6, 6.07) is 19.2. The molecule has 28 heavy (non-hydrogen) atoms. The van der Waals surface area contributed by atoms with Crippen LogP contribution in [0.1, 0.15) is 34.7 Å². The molecule has 3 aromatic rings. The average molecular weight is 375 g/mol. The van der Waals surface area contributed by atoms with Gasteiger partial charge in [-0.15, -0.1) is 0 Å². The molecule has 2 N–H and O–H groups in total. The summed E-state index contributed by atoms with van der Waals surface area (Å²) >= 11 is 0. The molecule has 6 heteroatoms. The lowest BCUT2D eigenvalue weighted by Gasteiger charge is -2.11. The minimum atomic E-state index is -0.396. The highest BCUT2D eigenvalue weighted by Crippen LogP contribution is 2.17. The molecule has 0 radical (unpaired) electrons. The molecule has 0 aliphatic carbocycles. The summed E-state index contributed by atoms with van der Waals surface area (Å²) < 4.78 is 5.58. The van der Waals surface area contributed by atoms with Crippen molar-refractivity contribution in [3.63, 3.8) is 0 Å². The maximum absolute atomic E-state index is 12.5. The Morgan fingerprint density at radius 1 is 0.857 bits per heavy atom. The Bertz CT molecular complexity index is 954. The fourth-order valence-electron chi connectivity index (χ4n) is 2.50. The lowest BCUT2D eigenvalue weighted by Crippen LogP contribution is -2.17. The van der Waals surface area contributed by atoms with Crippen LogP contribution >= 0.6 is 0 Å². The van der Waals surface area contributed by atoms with Crippen LogP contribution in [0.15, 0.2) is 72.9 Å². The molecule has 6 nitrogen and oxygen atoms in total. The second-order valence-electron chi connectivity index (χ2n) is 6.40. The van der Waals surface area contributed by atoms with Gasteiger partial charge in [-0.1, -0.05) is 18.2 Å². The third kappa shape index (κ3) is 5.17. The smallest absolute Gasteiger partial charge is 0.274 e. The number of hydrogen-bond donors (Lipinski definition) is 2. The van der Waals surface area contributed by atoms with Crippen LogP contribution in [0, 0.1) is 0 Å². The van der Waals surface area contributed by atoms with Crippen LogP contribution in [-0.4, -0.2) is 22.9 Å². The SMILES string of the molecule is CC(C)Oc1ccc(NC(=O)c2cc(C(=O)Nc3ccccc3)ccn2)cc1. The molecule has 0 aliphatic rings. The number of rotatable bonds is 6. The number of pyridine rings is 1. The minimum absolute atomic E-state index is 0.0782. The van der Waals surface area contributed by atoms with E-state index in [1.807, 2.05) is 32.0 Å². The molecule has 0 bridgehead atoms. The third-order valence-electron chi connectivity index (χ3n) is 3.77. The number of hydrogen-bond acceptors (Lipinski definition) is 4. The number of amides is 2. The van der Waals surface area contributed by atoms with Crippen molar-refractivity contribution < 1.29 is 14.3 Å². The Morgan fingerprint density at radius 2 is 1.50 bits per heavy atom. The van der Waals surface area contributed by atoms with Crippen molar-refractivity contribution >= 4 is 23.2 Å². The van der Waals surface area contributed by atoms with E-state index in [1.54, 1.807) is 42.5 Å². The molecule has 3 rings (SSSR count). The topological polar surface area (TPSA) is 80.3 Å². The zero-order chi connectivity index (χ0) is 19.9. The average Bonchev–Trinajstić information content (AvgIpc) is 2.70. The molecule has 0 unspecified atom stereocenters. The normalized spacial score (nSPS) is 10.4. The Labute approximate surface area is 163 Å². The van der Waals surface area contributed by atoms with Crippen molar-refractivity contribution in [1.29, 1.82) is 0 Å². The van der Waals surface area contributed by atoms with Crippen LogP contribution < -0.4 is 15.4 Å². The molecular formula is C22H21N3O3. The predicted octanol–water partition coefficient (Wildman–Crippen LogP) is 4.37. The number of benzene rings is 2. The van der Waals surface area contributed by atoms with Crippen LogP contribution in [0.4, 0.5) is 11.4 Å². The first-order chi connectivity index (χ1) is 13.5. The van der Waals surface area contributed by atoms with Crippen molar-refractivity contribution in [1.82, 2.24) is 4.98 Å². The lowest BCUT2D eigenvalue weighted by molar-refractivity contribution is 0.102. The van der Waals surface area contributed by atoms with Gasteiger partial charge in [-0.2, -0.15) is 0 Å². The van der Waals surface area contributed by atoms with Crippen molar-refractivity contribution in [2.24, 2.45) is 0 Å². The Balaban J connectivity index is 1.67. The Kier molecular flexibility index (Phi) is 6.01. The predicted molar refractivity (Wildman–Crippen MR) is 109 cm³/mol. The summed E-state index contributed by atoms with van der Waals surface area (Å²) in [7, 11) is 0. The highest BCUT2D eigenvalue weighted by atomic mass is 16.5. The quantitative estimate of drug-likeness (QED) is 0.670. The van der Waals surface area contributed by atoms with E-state index in [9.17, 15) is 9.59 Å². The molecule has 0 aliphatic heterocycles. The monoisotopic (exact) mass is 375 g/mol. The van der Waals surface area contributed by atoms with Gasteiger partial charge in [-0.25, -0.2) is 0 Å². The van der Waals surface area contributed by atoms with Crippen LogP contribution in [0.3, 0.4) is 0 Å². The second-order valence-corrected chi connectivity index (χ2v) is 6.40. The number of nitrogens with zero attached hydrogens (tertiary/aromatic N) is 1. The molecule has 0 saturated carbocycles. The van der Waals surface area contributed by atoms with Gasteiger partial charge in [-0.3, -0.25) is 14.6 Å². The van der Waals surface area contributed by atoms with E-state index in [1.165, 1.54) is 12.3 Å². The Morgan fingerprint density at radius 3 is 2.18 bits per heavy atom. The summed E-state index contributed by atoms with van der Waals surface area (Å²) in [4.78, 5) is 28.9. The zero-order valence-corrected chi connectivity index (χ0v) is 15.7. The first-order valence-corrected chi connectivity index (χ1v) is 8.92. The van der Waals surface area contributed by atoms with Gasteiger partial charge in [0.25, 0.3) is 11.8 Å². The molecule has 2 amide bonds. The van der Waals surface area contributed by atoms with Gasteiger partial charge < -0.3 is 15.4 Å². The van der Waals surface area contributed by atoms with Gasteiger partial charge in [0.1, 0.15) is 11.4 Å². The molecule has 1 aromatic heterocycles. The van der Waals surface area contributed by atoms with Gasteiger partial charge in [0, 0.05) is 23.1 Å². The maximum atomic E-state index is 12.5. The van der Waals surface area contributed by atoms with Crippen LogP contribution in [0.2, 0.25) is 0 Å². The summed E-state index contributed by atoms with van der Waals surface area (Å²) in [5.74, 6) is 0.0235. The van der Waals surface area contributed by atoms with E-state index >= 15 is 0 Å². The van der Waals surface area contributed by atoms with Crippen molar-refractivity contribution in [3.05, 3.63) is 84.2 Å². The molecule has 2 aromatic carbocycles. The Hall–Kier alpha value is -3.67. The first kappa shape index (κ1) is 19.1. The number of carbonyl (C=O) groups is 2. The molecule has 142 valence electrons. The van der Waals surface area contributed by atoms with E-state index in [2.05, 4.69) is 15.6 Å². The van der Waals surface area contributed by atoms with Crippen molar-refractivity contribution in [2.45, 2.75) is 20.0 Å². The van der Waals surface area contributed by atoms with Crippen LogP contribution in [-0.2, 0) is 0 Å². The largest absolute Gasteiger partial charge is 0.491 e. The molecule has 0 spiro atoms. The minimum Gasteiger partial charge on any atom is -0.491 e.